The van der Waals surface area contributed by atoms with Crippen LogP contribution in [0.5, 0.6) is 0 Å². The molecule has 2 aromatic heterocycles. The summed E-state index contributed by atoms with van der Waals surface area (Å²) >= 11 is 2.75. The van der Waals surface area contributed by atoms with Crippen LogP contribution in [0.15, 0.2) is 40.3 Å². The highest BCUT2D eigenvalue weighted by Crippen LogP contribution is 2.28. The Kier molecular flexibility index (Phi) is 6.30. The molecule has 3 rings (SSSR count). The summed E-state index contributed by atoms with van der Waals surface area (Å²) in [6.45, 7) is 6.64. The predicted molar refractivity (Wildman–Crippen MR) is 109 cm³/mol. The molecule has 0 bridgehead atoms. The van der Waals surface area contributed by atoms with Crippen LogP contribution in [0.2, 0.25) is 0 Å². The Morgan fingerprint density at radius 3 is 2.74 bits per heavy atom. The van der Waals surface area contributed by atoms with Gasteiger partial charge >= 0.3 is 0 Å². The highest BCUT2D eigenvalue weighted by atomic mass is 32.2. The summed E-state index contributed by atoms with van der Waals surface area (Å²) < 4.78 is 1.62. The van der Waals surface area contributed by atoms with Gasteiger partial charge in [-0.15, -0.1) is 11.3 Å². The minimum atomic E-state index is -0.272. The number of nitrogens with one attached hydrogen (secondary N) is 1. The molecular formula is C19H21N3O3S2. The fraction of sp³-hybridized carbons (Fsp3) is 0.316. The molecule has 3 aromatic rings. The normalized spacial score (nSPS) is 11.1. The zero-order valence-electron chi connectivity index (χ0n) is 15.4. The van der Waals surface area contributed by atoms with E-state index >= 15 is 0 Å². The Balaban J connectivity index is 1.65. The van der Waals surface area contributed by atoms with Gasteiger partial charge in [0.2, 0.25) is 0 Å². The van der Waals surface area contributed by atoms with Gasteiger partial charge in [0.15, 0.2) is 5.16 Å². The van der Waals surface area contributed by atoms with Gasteiger partial charge in [-0.25, -0.2) is 10.5 Å². The molecule has 0 spiro atoms. The number of thioether (sulfide) groups is 1. The zero-order valence-corrected chi connectivity index (χ0v) is 17.1. The molecule has 1 N–H and O–H groups in total. The Labute approximate surface area is 165 Å². The van der Waals surface area contributed by atoms with Crippen molar-refractivity contribution >= 4 is 39.2 Å². The van der Waals surface area contributed by atoms with E-state index in [0.29, 0.717) is 23.7 Å². The van der Waals surface area contributed by atoms with Gasteiger partial charge in [-0.3, -0.25) is 19.0 Å². The number of hydrogen-bond donors (Lipinski definition) is 1. The van der Waals surface area contributed by atoms with Crippen LogP contribution in [0.3, 0.4) is 0 Å². The second-order valence-electron chi connectivity index (χ2n) is 6.00. The number of fused-ring (bicyclic) bond motifs is 1. The van der Waals surface area contributed by atoms with E-state index in [1.54, 1.807) is 4.57 Å². The molecule has 8 heteroatoms. The van der Waals surface area contributed by atoms with Crippen LogP contribution >= 0.6 is 23.1 Å². The first-order chi connectivity index (χ1) is 13.0. The summed E-state index contributed by atoms with van der Waals surface area (Å²) in [5.41, 5.74) is 4.34. The lowest BCUT2D eigenvalue weighted by atomic mass is 10.2. The average Bonchev–Trinajstić information content (AvgIpc) is 2.95. The van der Waals surface area contributed by atoms with Gasteiger partial charge in [0.25, 0.3) is 11.5 Å². The molecule has 1 amide bonds. The largest absolute Gasteiger partial charge is 0.287 e. The minimum Gasteiger partial charge on any atom is -0.287 e. The van der Waals surface area contributed by atoms with E-state index in [9.17, 15) is 9.59 Å². The molecule has 0 aliphatic heterocycles. The number of hydroxylamine groups is 1. The van der Waals surface area contributed by atoms with Crippen molar-refractivity contribution in [1.82, 2.24) is 15.0 Å². The smallest absolute Gasteiger partial charge is 0.263 e. The first-order valence-electron chi connectivity index (χ1n) is 8.59. The van der Waals surface area contributed by atoms with Crippen LogP contribution < -0.4 is 11.0 Å². The first kappa shape index (κ1) is 19.6. The quantitative estimate of drug-likeness (QED) is 0.372. The summed E-state index contributed by atoms with van der Waals surface area (Å²) in [6, 6.07) is 9.59. The summed E-state index contributed by atoms with van der Waals surface area (Å²) in [4.78, 5) is 36.5. The van der Waals surface area contributed by atoms with Crippen LogP contribution in [0.4, 0.5) is 0 Å². The molecule has 0 radical (unpaired) electrons. The van der Waals surface area contributed by atoms with E-state index in [-0.39, 0.29) is 17.2 Å². The van der Waals surface area contributed by atoms with Crippen LogP contribution in [0.25, 0.3) is 10.2 Å². The predicted octanol–water partition coefficient (Wildman–Crippen LogP) is 3.43. The monoisotopic (exact) mass is 403 g/mol. The topological polar surface area (TPSA) is 73.2 Å². The third kappa shape index (κ3) is 4.40. The van der Waals surface area contributed by atoms with Gasteiger partial charge in [0.05, 0.1) is 17.7 Å². The summed E-state index contributed by atoms with van der Waals surface area (Å²) in [5.74, 6) is -0.151. The molecule has 0 aliphatic rings. The van der Waals surface area contributed by atoms with E-state index in [0.717, 1.165) is 20.8 Å². The maximum atomic E-state index is 12.8. The highest BCUT2D eigenvalue weighted by molar-refractivity contribution is 7.99. The standard InChI is InChI=1S/C19H21N3O3S2/c1-4-22-18(24)16-12(2)13(3)27-17(16)20-19(22)26-11-15(23)21-25-10-14-8-6-5-7-9-14/h5-9H,4,10-11H2,1-3H3,(H,21,23). The molecule has 0 atom stereocenters. The molecule has 2 heterocycles. The second kappa shape index (κ2) is 8.69. The van der Waals surface area contributed by atoms with Gasteiger partial charge in [-0.2, -0.15) is 0 Å². The molecular weight excluding hydrogens is 382 g/mol. The number of amides is 1. The summed E-state index contributed by atoms with van der Waals surface area (Å²) in [5, 5.41) is 1.23. The van der Waals surface area contributed by atoms with Crippen molar-refractivity contribution in [3.8, 4) is 0 Å². The van der Waals surface area contributed by atoms with Crippen molar-refractivity contribution in [2.75, 3.05) is 5.75 Å². The number of aromatic nitrogens is 2. The van der Waals surface area contributed by atoms with Crippen molar-refractivity contribution < 1.29 is 9.63 Å². The Morgan fingerprint density at radius 1 is 1.30 bits per heavy atom. The van der Waals surface area contributed by atoms with E-state index in [4.69, 9.17) is 4.84 Å². The van der Waals surface area contributed by atoms with Gasteiger partial charge in [-0.1, -0.05) is 42.1 Å². The molecule has 1 aromatic carbocycles. The molecule has 0 aliphatic carbocycles. The van der Waals surface area contributed by atoms with Crippen molar-refractivity contribution in [3.63, 3.8) is 0 Å². The Bertz CT molecular complexity index is 1010. The minimum absolute atomic E-state index is 0.0485. The maximum absolute atomic E-state index is 12.8. The fourth-order valence-corrected chi connectivity index (χ4v) is 4.55. The number of carbonyl (C=O) groups is 1. The number of nitrogens with zero attached hydrogens (tertiary/aromatic N) is 2. The number of thiophene rings is 1. The number of rotatable bonds is 7. The van der Waals surface area contributed by atoms with Gasteiger partial charge in [0.1, 0.15) is 4.83 Å². The SMILES string of the molecule is CCn1c(SCC(=O)NOCc2ccccc2)nc2sc(C)c(C)c2c1=O. The van der Waals surface area contributed by atoms with Crippen LogP contribution in [-0.4, -0.2) is 21.2 Å². The van der Waals surface area contributed by atoms with E-state index in [1.807, 2.05) is 51.1 Å². The zero-order chi connectivity index (χ0) is 19.4. The van der Waals surface area contributed by atoms with Gasteiger partial charge < -0.3 is 0 Å². The van der Waals surface area contributed by atoms with E-state index < -0.39 is 0 Å². The van der Waals surface area contributed by atoms with Crippen molar-refractivity contribution in [2.45, 2.75) is 39.1 Å². The fourth-order valence-electron chi connectivity index (χ4n) is 2.63. The van der Waals surface area contributed by atoms with Crippen LogP contribution in [0.1, 0.15) is 22.9 Å². The van der Waals surface area contributed by atoms with Crippen LogP contribution in [-0.2, 0) is 22.8 Å². The first-order valence-corrected chi connectivity index (χ1v) is 10.4. The summed E-state index contributed by atoms with van der Waals surface area (Å²) in [6.07, 6.45) is 0. The number of benzene rings is 1. The lowest BCUT2D eigenvalue weighted by molar-refractivity contribution is -0.131. The second-order valence-corrected chi connectivity index (χ2v) is 8.14. The number of aryl methyl sites for hydroxylation is 2. The maximum Gasteiger partial charge on any atom is 0.263 e. The third-order valence-corrected chi connectivity index (χ3v) is 6.25. The number of hydrogen-bond acceptors (Lipinski definition) is 6. The van der Waals surface area contributed by atoms with Gasteiger partial charge in [-0.05, 0) is 31.9 Å². The lowest BCUT2D eigenvalue weighted by Crippen LogP contribution is -2.27. The van der Waals surface area contributed by atoms with Crippen molar-refractivity contribution in [2.24, 2.45) is 0 Å². The van der Waals surface area contributed by atoms with Gasteiger partial charge in [0, 0.05) is 11.4 Å². The van der Waals surface area contributed by atoms with Crippen molar-refractivity contribution in [3.05, 3.63) is 56.7 Å². The summed E-state index contributed by atoms with van der Waals surface area (Å²) in [7, 11) is 0. The van der Waals surface area contributed by atoms with E-state index in [1.165, 1.54) is 23.1 Å². The Morgan fingerprint density at radius 2 is 2.04 bits per heavy atom. The molecule has 0 saturated carbocycles. The molecule has 6 nitrogen and oxygen atoms in total. The molecule has 27 heavy (non-hydrogen) atoms. The molecule has 142 valence electrons. The highest BCUT2D eigenvalue weighted by Gasteiger charge is 2.16. The Hall–Kier alpha value is -2.16. The number of carbonyl (C=O) groups excluding carboxylic acids is 1. The van der Waals surface area contributed by atoms with Crippen molar-refractivity contribution in [1.29, 1.82) is 0 Å². The average molecular weight is 404 g/mol. The molecule has 0 saturated heterocycles. The van der Waals surface area contributed by atoms with E-state index in [2.05, 4.69) is 10.5 Å². The molecule has 0 unspecified atom stereocenters. The molecule has 0 fully saturated rings. The van der Waals surface area contributed by atoms with Crippen LogP contribution in [0, 0.1) is 13.8 Å². The lowest BCUT2D eigenvalue weighted by Gasteiger charge is -2.10. The third-order valence-electron chi connectivity index (χ3n) is 4.17.